The van der Waals surface area contributed by atoms with E-state index in [1.165, 1.54) is 0 Å². The zero-order valence-corrected chi connectivity index (χ0v) is 32.0. The number of alkyl halides is 4. The molecule has 2 amide bonds. The Kier molecular flexibility index (Phi) is 11.4. The van der Waals surface area contributed by atoms with E-state index in [0.717, 1.165) is 33.6 Å². The molecule has 290 valence electrons. The van der Waals surface area contributed by atoms with Gasteiger partial charge in [0.15, 0.2) is 0 Å². The van der Waals surface area contributed by atoms with E-state index >= 15 is 0 Å². The summed E-state index contributed by atoms with van der Waals surface area (Å²) >= 11 is 0. The van der Waals surface area contributed by atoms with Gasteiger partial charge in [0.2, 0.25) is 23.7 Å². The minimum absolute atomic E-state index is 0.0421. The fourth-order valence-corrected chi connectivity index (χ4v) is 7.83. The molecule has 0 unspecified atom stereocenters. The molecule has 8 nitrogen and oxygen atoms in total. The van der Waals surface area contributed by atoms with Gasteiger partial charge in [-0.3, -0.25) is 9.59 Å². The van der Waals surface area contributed by atoms with E-state index in [2.05, 4.69) is 34.9 Å². The maximum atomic E-state index is 13.7. The van der Waals surface area contributed by atoms with Crippen LogP contribution in [0, 0.1) is 23.7 Å². The van der Waals surface area contributed by atoms with Crippen LogP contribution in [0.1, 0.15) is 103 Å². The van der Waals surface area contributed by atoms with E-state index < -0.39 is 23.7 Å². The SMILES string of the molecule is CC(C)[C@H](NC(=O)C1CCC(F)(F)CC1)c1ncc(-c2ccc(-c3ccc(-c4cnc([C@@H](NC(=O)C5CCC(F)(F)CC5)C(C)C)n4C)cc3)cc2)n1C. The summed E-state index contributed by atoms with van der Waals surface area (Å²) in [5.41, 5.74) is 5.80. The van der Waals surface area contributed by atoms with Crippen LogP contribution >= 0.6 is 0 Å². The van der Waals surface area contributed by atoms with E-state index in [0.29, 0.717) is 11.6 Å². The maximum absolute atomic E-state index is 13.7. The quantitative estimate of drug-likeness (QED) is 0.150. The number of amides is 2. The molecular formula is C42H52F4N6O2. The van der Waals surface area contributed by atoms with Crippen molar-refractivity contribution in [3.8, 4) is 33.6 Å². The summed E-state index contributed by atoms with van der Waals surface area (Å²) in [6.45, 7) is 8.04. The third-order valence-electron chi connectivity index (χ3n) is 11.4. The van der Waals surface area contributed by atoms with E-state index in [4.69, 9.17) is 9.97 Å². The van der Waals surface area contributed by atoms with Crippen molar-refractivity contribution in [2.75, 3.05) is 0 Å². The number of nitrogens with zero attached hydrogens (tertiary/aromatic N) is 4. The second-order valence-corrected chi connectivity index (χ2v) is 16.0. The molecule has 2 aliphatic carbocycles. The number of hydrogen-bond donors (Lipinski definition) is 2. The van der Waals surface area contributed by atoms with Gasteiger partial charge < -0.3 is 19.8 Å². The van der Waals surface area contributed by atoms with Crippen molar-refractivity contribution in [1.82, 2.24) is 29.7 Å². The zero-order chi connectivity index (χ0) is 38.9. The first-order valence-corrected chi connectivity index (χ1v) is 19.1. The van der Waals surface area contributed by atoms with Gasteiger partial charge in [-0.2, -0.15) is 0 Å². The standard InChI is InChI=1S/C42H52F4N6O2/c1-25(2)35(49-39(53)31-15-19-41(43,44)20-16-31)37-47-23-33(51(37)5)29-11-7-27(8-12-29)28-9-13-30(14-10-28)34-24-48-38(52(34)6)36(26(3)4)50-40(54)32-17-21-42(45,46)22-18-32/h7-14,23-26,31-32,35-36H,15-22H2,1-6H3,(H,49,53)(H,50,54)/t35-,36-/m0/s1. The van der Waals surface area contributed by atoms with Gasteiger partial charge in [-0.05, 0) is 59.8 Å². The van der Waals surface area contributed by atoms with Crippen LogP contribution in [0.5, 0.6) is 0 Å². The molecule has 2 aliphatic rings. The highest BCUT2D eigenvalue weighted by molar-refractivity contribution is 5.80. The molecule has 2 saturated carbocycles. The van der Waals surface area contributed by atoms with Crippen molar-refractivity contribution in [3.63, 3.8) is 0 Å². The zero-order valence-electron chi connectivity index (χ0n) is 32.0. The molecular weight excluding hydrogens is 696 g/mol. The normalized spacial score (nSPS) is 18.8. The maximum Gasteiger partial charge on any atom is 0.248 e. The second-order valence-electron chi connectivity index (χ2n) is 16.0. The van der Waals surface area contributed by atoms with Crippen LogP contribution in [0.25, 0.3) is 33.6 Å². The van der Waals surface area contributed by atoms with Crippen LogP contribution in [-0.4, -0.2) is 42.8 Å². The smallest absolute Gasteiger partial charge is 0.248 e. The van der Waals surface area contributed by atoms with Crippen molar-refractivity contribution < 1.29 is 27.2 Å². The lowest BCUT2D eigenvalue weighted by atomic mass is 9.86. The topological polar surface area (TPSA) is 93.8 Å². The first-order chi connectivity index (χ1) is 25.5. The number of carbonyl (C=O) groups excluding carboxylic acids is 2. The van der Waals surface area contributed by atoms with Crippen molar-refractivity contribution in [2.45, 2.75) is 103 Å². The van der Waals surface area contributed by atoms with Gasteiger partial charge in [0.25, 0.3) is 0 Å². The minimum Gasteiger partial charge on any atom is -0.346 e. The second kappa shape index (κ2) is 15.7. The van der Waals surface area contributed by atoms with Crippen LogP contribution in [0.3, 0.4) is 0 Å². The Bertz CT molecular complexity index is 1770. The number of rotatable bonds is 11. The number of hydrogen-bond acceptors (Lipinski definition) is 4. The number of carbonyl (C=O) groups is 2. The van der Waals surface area contributed by atoms with Gasteiger partial charge in [-0.25, -0.2) is 27.5 Å². The first kappa shape index (κ1) is 39.2. The van der Waals surface area contributed by atoms with Crippen LogP contribution in [0.4, 0.5) is 17.6 Å². The largest absolute Gasteiger partial charge is 0.346 e. The molecule has 6 rings (SSSR count). The van der Waals surface area contributed by atoms with Crippen LogP contribution in [-0.2, 0) is 23.7 Å². The van der Waals surface area contributed by atoms with E-state index in [-0.39, 0.29) is 87.1 Å². The summed E-state index contributed by atoms with van der Waals surface area (Å²) in [5.74, 6) is -5.07. The molecule has 0 spiro atoms. The van der Waals surface area contributed by atoms with E-state index in [1.54, 1.807) is 12.4 Å². The van der Waals surface area contributed by atoms with Crippen molar-refractivity contribution >= 4 is 11.8 Å². The molecule has 2 atom stereocenters. The van der Waals surface area contributed by atoms with Gasteiger partial charge in [-0.15, -0.1) is 0 Å². The average molecular weight is 749 g/mol. The molecule has 0 aliphatic heterocycles. The summed E-state index contributed by atoms with van der Waals surface area (Å²) in [7, 11) is 3.85. The average Bonchev–Trinajstić information content (AvgIpc) is 3.70. The summed E-state index contributed by atoms with van der Waals surface area (Å²) in [5, 5.41) is 6.22. The number of aromatic nitrogens is 4. The molecule has 54 heavy (non-hydrogen) atoms. The predicted octanol–water partition coefficient (Wildman–Crippen LogP) is 9.43. The highest BCUT2D eigenvalue weighted by Gasteiger charge is 2.39. The number of benzene rings is 2. The van der Waals surface area contributed by atoms with Crippen LogP contribution in [0.2, 0.25) is 0 Å². The van der Waals surface area contributed by atoms with Crippen molar-refractivity contribution in [2.24, 2.45) is 37.8 Å². The molecule has 2 heterocycles. The fraction of sp³-hybridized carbons (Fsp3) is 0.524. The summed E-state index contributed by atoms with van der Waals surface area (Å²) in [4.78, 5) is 35.6. The molecule has 12 heteroatoms. The molecule has 4 aromatic rings. The summed E-state index contributed by atoms with van der Waals surface area (Å²) in [6, 6.07) is 15.7. The minimum atomic E-state index is -2.68. The Morgan fingerprint density at radius 2 is 0.889 bits per heavy atom. The van der Waals surface area contributed by atoms with Gasteiger partial charge in [0, 0.05) is 51.6 Å². The Morgan fingerprint density at radius 1 is 0.593 bits per heavy atom. The molecule has 2 aromatic carbocycles. The molecule has 2 aromatic heterocycles. The van der Waals surface area contributed by atoms with Gasteiger partial charge in [-0.1, -0.05) is 76.2 Å². The fourth-order valence-electron chi connectivity index (χ4n) is 7.83. The van der Waals surface area contributed by atoms with Gasteiger partial charge in [0.05, 0.1) is 35.9 Å². The summed E-state index contributed by atoms with van der Waals surface area (Å²) < 4.78 is 58.7. The van der Waals surface area contributed by atoms with Crippen molar-refractivity contribution in [3.05, 3.63) is 72.6 Å². The molecule has 0 bridgehead atoms. The Hall–Kier alpha value is -4.48. The Labute approximate surface area is 315 Å². The van der Waals surface area contributed by atoms with Gasteiger partial charge in [0.1, 0.15) is 11.6 Å². The summed E-state index contributed by atoms with van der Waals surface area (Å²) in [6.07, 6.45) is 3.32. The van der Waals surface area contributed by atoms with E-state index in [9.17, 15) is 27.2 Å². The monoisotopic (exact) mass is 748 g/mol. The number of nitrogens with one attached hydrogen (secondary N) is 2. The molecule has 0 radical (unpaired) electrons. The van der Waals surface area contributed by atoms with Crippen LogP contribution in [0.15, 0.2) is 60.9 Å². The molecule has 2 N–H and O–H groups in total. The lowest BCUT2D eigenvalue weighted by molar-refractivity contribution is -0.131. The van der Waals surface area contributed by atoms with E-state index in [1.807, 2.05) is 75.2 Å². The first-order valence-electron chi connectivity index (χ1n) is 19.1. The third-order valence-corrected chi connectivity index (χ3v) is 11.4. The molecule has 2 fully saturated rings. The number of imidazole rings is 2. The highest BCUT2D eigenvalue weighted by Crippen LogP contribution is 2.38. The van der Waals surface area contributed by atoms with Crippen LogP contribution < -0.4 is 10.6 Å². The molecule has 0 saturated heterocycles. The Balaban J connectivity index is 1.12. The highest BCUT2D eigenvalue weighted by atomic mass is 19.3. The third kappa shape index (κ3) is 8.57. The lowest BCUT2D eigenvalue weighted by Gasteiger charge is -2.30. The predicted molar refractivity (Wildman–Crippen MR) is 202 cm³/mol. The lowest BCUT2D eigenvalue weighted by Crippen LogP contribution is -2.40. The van der Waals surface area contributed by atoms with Crippen molar-refractivity contribution in [1.29, 1.82) is 0 Å². The number of halogens is 4. The van der Waals surface area contributed by atoms with Gasteiger partial charge >= 0.3 is 0 Å². The Morgan fingerprint density at radius 3 is 1.19 bits per heavy atom.